The lowest BCUT2D eigenvalue weighted by Crippen LogP contribution is -2.17. The number of halogens is 2. The summed E-state index contributed by atoms with van der Waals surface area (Å²) in [5.41, 5.74) is -0.113. The highest BCUT2D eigenvalue weighted by molar-refractivity contribution is 6.41. The maximum absolute atomic E-state index is 12.8. The second kappa shape index (κ2) is 4.89. The number of ketones is 1. The molecule has 0 aliphatic rings. The standard InChI is InChI=1S/C10H8ClFO3/c1-2-15-10(14)9(13)6-3-7(11)5-8(12)4-6/h3-5H,2H2,1H3. The van der Waals surface area contributed by atoms with Crippen LogP contribution in [0.5, 0.6) is 0 Å². The quantitative estimate of drug-likeness (QED) is 0.454. The molecule has 0 saturated heterocycles. The van der Waals surface area contributed by atoms with Crippen LogP contribution in [0.2, 0.25) is 5.02 Å². The summed E-state index contributed by atoms with van der Waals surface area (Å²) in [6.45, 7) is 1.66. The smallest absolute Gasteiger partial charge is 0.379 e. The molecule has 15 heavy (non-hydrogen) atoms. The average Bonchev–Trinajstić information content (AvgIpc) is 2.15. The van der Waals surface area contributed by atoms with Crippen molar-refractivity contribution in [1.82, 2.24) is 0 Å². The zero-order chi connectivity index (χ0) is 11.4. The van der Waals surface area contributed by atoms with Gasteiger partial charge in [0.1, 0.15) is 5.82 Å². The van der Waals surface area contributed by atoms with Gasteiger partial charge in [0.05, 0.1) is 6.61 Å². The molecule has 1 rings (SSSR count). The second-order valence-corrected chi connectivity index (χ2v) is 3.14. The summed E-state index contributed by atoms with van der Waals surface area (Å²) in [5.74, 6) is -2.59. The lowest BCUT2D eigenvalue weighted by Gasteiger charge is -2.01. The number of esters is 1. The van der Waals surface area contributed by atoms with Crippen LogP contribution in [0.1, 0.15) is 17.3 Å². The second-order valence-electron chi connectivity index (χ2n) is 2.71. The molecule has 1 aromatic carbocycles. The predicted molar refractivity (Wildman–Crippen MR) is 52.4 cm³/mol. The first-order valence-corrected chi connectivity index (χ1v) is 4.60. The molecule has 3 nitrogen and oxygen atoms in total. The van der Waals surface area contributed by atoms with Crippen molar-refractivity contribution in [2.45, 2.75) is 6.92 Å². The predicted octanol–water partition coefficient (Wildman–Crippen LogP) is 2.22. The van der Waals surface area contributed by atoms with Crippen molar-refractivity contribution in [2.75, 3.05) is 6.61 Å². The molecule has 0 fully saturated rings. The molecule has 5 heteroatoms. The fourth-order valence-corrected chi connectivity index (χ4v) is 1.22. The topological polar surface area (TPSA) is 43.4 Å². The van der Waals surface area contributed by atoms with Crippen molar-refractivity contribution in [1.29, 1.82) is 0 Å². The molecule has 0 bridgehead atoms. The molecule has 0 radical (unpaired) electrons. The van der Waals surface area contributed by atoms with Crippen molar-refractivity contribution >= 4 is 23.4 Å². The molecular weight excluding hydrogens is 223 g/mol. The number of benzene rings is 1. The molecule has 0 aromatic heterocycles. The number of carbonyl (C=O) groups is 2. The van der Waals surface area contributed by atoms with E-state index >= 15 is 0 Å². The van der Waals surface area contributed by atoms with E-state index < -0.39 is 17.6 Å². The van der Waals surface area contributed by atoms with Gasteiger partial charge in [0.25, 0.3) is 5.78 Å². The third-order valence-electron chi connectivity index (χ3n) is 1.59. The van der Waals surface area contributed by atoms with E-state index in [1.165, 1.54) is 6.07 Å². The zero-order valence-electron chi connectivity index (χ0n) is 7.92. The van der Waals surface area contributed by atoms with Crippen LogP contribution in [0.4, 0.5) is 4.39 Å². The molecule has 0 unspecified atom stereocenters. The van der Waals surface area contributed by atoms with Gasteiger partial charge in [-0.3, -0.25) is 4.79 Å². The van der Waals surface area contributed by atoms with Gasteiger partial charge in [0.15, 0.2) is 0 Å². The maximum atomic E-state index is 12.8. The van der Waals surface area contributed by atoms with Crippen molar-refractivity contribution in [2.24, 2.45) is 0 Å². The van der Waals surface area contributed by atoms with Gasteiger partial charge >= 0.3 is 5.97 Å². The average molecular weight is 231 g/mol. The molecule has 0 N–H and O–H groups in total. The van der Waals surface area contributed by atoms with Crippen LogP contribution in [0.25, 0.3) is 0 Å². The third kappa shape index (κ3) is 3.02. The number of hydrogen-bond acceptors (Lipinski definition) is 3. The normalized spacial score (nSPS) is 9.80. The summed E-state index contributed by atoms with van der Waals surface area (Å²) in [4.78, 5) is 22.4. The molecule has 0 aliphatic carbocycles. The van der Waals surface area contributed by atoms with Crippen LogP contribution < -0.4 is 0 Å². The zero-order valence-corrected chi connectivity index (χ0v) is 8.68. The van der Waals surface area contributed by atoms with Gasteiger partial charge in [-0.05, 0) is 25.1 Å². The highest BCUT2D eigenvalue weighted by Gasteiger charge is 2.18. The fraction of sp³-hybridized carbons (Fsp3) is 0.200. The lowest BCUT2D eigenvalue weighted by molar-refractivity contribution is -0.137. The Morgan fingerprint density at radius 3 is 2.60 bits per heavy atom. The minimum Gasteiger partial charge on any atom is -0.460 e. The van der Waals surface area contributed by atoms with Crippen LogP contribution in [0.3, 0.4) is 0 Å². The van der Waals surface area contributed by atoms with Crippen LogP contribution in [-0.2, 0) is 9.53 Å². The van der Waals surface area contributed by atoms with E-state index in [2.05, 4.69) is 4.74 Å². The van der Waals surface area contributed by atoms with E-state index in [1.54, 1.807) is 6.92 Å². The largest absolute Gasteiger partial charge is 0.460 e. The van der Waals surface area contributed by atoms with E-state index in [0.29, 0.717) is 0 Å². The van der Waals surface area contributed by atoms with Crippen LogP contribution >= 0.6 is 11.6 Å². The van der Waals surface area contributed by atoms with Gasteiger partial charge in [-0.1, -0.05) is 11.6 Å². The van der Waals surface area contributed by atoms with Crippen LogP contribution in [0, 0.1) is 5.82 Å². The Morgan fingerprint density at radius 1 is 1.40 bits per heavy atom. The van der Waals surface area contributed by atoms with Gasteiger partial charge in [0.2, 0.25) is 0 Å². The Kier molecular flexibility index (Phi) is 3.80. The summed E-state index contributed by atoms with van der Waals surface area (Å²) >= 11 is 5.53. The van der Waals surface area contributed by atoms with E-state index in [-0.39, 0.29) is 17.2 Å². The maximum Gasteiger partial charge on any atom is 0.379 e. The summed E-state index contributed by atoms with van der Waals surface area (Å²) < 4.78 is 17.3. The minimum absolute atomic E-state index is 0.0580. The highest BCUT2D eigenvalue weighted by Crippen LogP contribution is 2.14. The van der Waals surface area contributed by atoms with Crippen LogP contribution in [0.15, 0.2) is 18.2 Å². The molecule has 80 valence electrons. The summed E-state index contributed by atoms with van der Waals surface area (Å²) in [5, 5.41) is 0.0580. The molecule has 0 atom stereocenters. The number of ether oxygens (including phenoxy) is 1. The molecule has 0 spiro atoms. The minimum atomic E-state index is -1.01. The van der Waals surface area contributed by atoms with Crippen molar-refractivity contribution in [3.63, 3.8) is 0 Å². The van der Waals surface area contributed by atoms with Crippen molar-refractivity contribution in [3.05, 3.63) is 34.6 Å². The van der Waals surface area contributed by atoms with E-state index in [1.807, 2.05) is 0 Å². The number of carbonyl (C=O) groups excluding carboxylic acids is 2. The first-order chi connectivity index (χ1) is 7.04. The number of Topliss-reactive ketones (excluding diaryl/α,β-unsaturated/α-hetero) is 1. The fourth-order valence-electron chi connectivity index (χ4n) is 0.999. The Hall–Kier alpha value is -1.42. The third-order valence-corrected chi connectivity index (χ3v) is 1.80. The molecule has 0 heterocycles. The first-order valence-electron chi connectivity index (χ1n) is 4.22. The van der Waals surface area contributed by atoms with Crippen LogP contribution in [-0.4, -0.2) is 18.4 Å². The number of hydrogen-bond donors (Lipinski definition) is 0. The Balaban J connectivity index is 2.96. The molecular formula is C10H8ClFO3. The van der Waals surface area contributed by atoms with E-state index in [0.717, 1.165) is 12.1 Å². The van der Waals surface area contributed by atoms with Gasteiger partial charge < -0.3 is 4.74 Å². The van der Waals surface area contributed by atoms with Gasteiger partial charge in [-0.25, -0.2) is 9.18 Å². The first kappa shape index (κ1) is 11.7. The van der Waals surface area contributed by atoms with E-state index in [9.17, 15) is 14.0 Å². The Labute approximate surface area is 90.8 Å². The summed E-state index contributed by atoms with van der Waals surface area (Å²) in [6.07, 6.45) is 0. The highest BCUT2D eigenvalue weighted by atomic mass is 35.5. The lowest BCUT2D eigenvalue weighted by atomic mass is 10.1. The summed E-state index contributed by atoms with van der Waals surface area (Å²) in [6, 6.07) is 3.19. The molecule has 0 amide bonds. The molecule has 0 saturated carbocycles. The van der Waals surface area contributed by atoms with Gasteiger partial charge in [-0.15, -0.1) is 0 Å². The SMILES string of the molecule is CCOC(=O)C(=O)c1cc(F)cc(Cl)c1. The summed E-state index contributed by atoms with van der Waals surface area (Å²) in [7, 11) is 0. The molecule has 0 aliphatic heterocycles. The Bertz CT molecular complexity index is 383. The Morgan fingerprint density at radius 2 is 2.07 bits per heavy atom. The van der Waals surface area contributed by atoms with Gasteiger partial charge in [-0.2, -0.15) is 0 Å². The van der Waals surface area contributed by atoms with Crippen molar-refractivity contribution < 1.29 is 18.7 Å². The van der Waals surface area contributed by atoms with E-state index in [4.69, 9.17) is 11.6 Å². The van der Waals surface area contributed by atoms with Crippen molar-refractivity contribution in [3.8, 4) is 0 Å². The van der Waals surface area contributed by atoms with Gasteiger partial charge in [0, 0.05) is 10.6 Å². The molecule has 1 aromatic rings. The number of rotatable bonds is 3. The monoisotopic (exact) mass is 230 g/mol.